The van der Waals surface area contributed by atoms with Crippen LogP contribution in [-0.2, 0) is 16.1 Å². The van der Waals surface area contributed by atoms with Crippen molar-refractivity contribution in [3.8, 4) is 0 Å². The Balaban J connectivity index is 1.86. The summed E-state index contributed by atoms with van der Waals surface area (Å²) in [5.74, 6) is -0.168. The van der Waals surface area contributed by atoms with Gasteiger partial charge in [0.1, 0.15) is 0 Å². The van der Waals surface area contributed by atoms with Crippen molar-refractivity contribution in [1.29, 1.82) is 0 Å². The number of carbonyl (C=O) groups is 2. The molecule has 0 radical (unpaired) electrons. The summed E-state index contributed by atoms with van der Waals surface area (Å²) in [5, 5.41) is 8.58. The summed E-state index contributed by atoms with van der Waals surface area (Å²) < 4.78 is 0. The van der Waals surface area contributed by atoms with Crippen molar-refractivity contribution in [3.63, 3.8) is 0 Å². The number of hydrogen-bond donors (Lipinski definition) is 1. The second-order valence-corrected chi connectivity index (χ2v) is 5.66. The Bertz CT molecular complexity index is 529. The van der Waals surface area contributed by atoms with Gasteiger partial charge in [0, 0.05) is 26.1 Å². The number of aliphatic carboxylic acids is 1. The molecule has 4 nitrogen and oxygen atoms in total. The predicted octanol–water partition coefficient (Wildman–Crippen LogP) is 2.93. The summed E-state index contributed by atoms with van der Waals surface area (Å²) in [4.78, 5) is 24.3. The number of carboxylic acids is 1. The summed E-state index contributed by atoms with van der Waals surface area (Å²) in [6.07, 6.45) is 6.96. The molecular weight excluding hydrogens is 266 g/mol. The van der Waals surface area contributed by atoms with E-state index in [1.54, 1.807) is 11.0 Å². The second kappa shape index (κ2) is 7.07. The largest absolute Gasteiger partial charge is 0.478 e. The molecule has 0 aromatic heterocycles. The molecule has 21 heavy (non-hydrogen) atoms. The smallest absolute Gasteiger partial charge is 0.328 e. The Morgan fingerprint density at radius 3 is 2.48 bits per heavy atom. The van der Waals surface area contributed by atoms with E-state index in [0.29, 0.717) is 18.9 Å². The topological polar surface area (TPSA) is 57.6 Å². The Morgan fingerprint density at radius 2 is 1.95 bits per heavy atom. The first-order valence-corrected chi connectivity index (χ1v) is 7.28. The maximum absolute atomic E-state index is 12.0. The highest BCUT2D eigenvalue weighted by molar-refractivity contribution is 5.85. The summed E-state index contributed by atoms with van der Waals surface area (Å²) in [6, 6.07) is 7.57. The number of rotatable bonds is 6. The zero-order chi connectivity index (χ0) is 15.2. The van der Waals surface area contributed by atoms with E-state index in [9.17, 15) is 9.59 Å². The summed E-state index contributed by atoms with van der Waals surface area (Å²) in [6.45, 7) is 0.592. The minimum Gasteiger partial charge on any atom is -0.478 e. The van der Waals surface area contributed by atoms with Crippen LogP contribution < -0.4 is 0 Å². The molecule has 0 saturated heterocycles. The van der Waals surface area contributed by atoms with E-state index in [2.05, 4.69) is 0 Å². The van der Waals surface area contributed by atoms with Gasteiger partial charge in [-0.25, -0.2) is 4.79 Å². The molecule has 1 aromatic carbocycles. The molecule has 0 atom stereocenters. The van der Waals surface area contributed by atoms with E-state index in [1.807, 2.05) is 31.3 Å². The van der Waals surface area contributed by atoms with Gasteiger partial charge in [0.2, 0.25) is 5.91 Å². The average Bonchev–Trinajstić information content (AvgIpc) is 2.41. The Kier molecular flexibility index (Phi) is 5.14. The van der Waals surface area contributed by atoms with Gasteiger partial charge in [0.15, 0.2) is 0 Å². The third kappa shape index (κ3) is 4.74. The maximum Gasteiger partial charge on any atom is 0.328 e. The summed E-state index contributed by atoms with van der Waals surface area (Å²) >= 11 is 0. The molecule has 1 amide bonds. The van der Waals surface area contributed by atoms with E-state index < -0.39 is 5.97 Å². The molecule has 112 valence electrons. The Hall–Kier alpha value is -2.10. The van der Waals surface area contributed by atoms with Gasteiger partial charge in [-0.3, -0.25) is 4.79 Å². The third-order valence-corrected chi connectivity index (χ3v) is 3.93. The summed E-state index contributed by atoms with van der Waals surface area (Å²) in [5.41, 5.74) is 1.89. The molecule has 0 aliphatic heterocycles. The number of carbonyl (C=O) groups excluding carboxylic acids is 1. The van der Waals surface area contributed by atoms with Crippen LogP contribution in [-0.4, -0.2) is 28.9 Å². The van der Waals surface area contributed by atoms with Crippen molar-refractivity contribution in [2.24, 2.45) is 5.92 Å². The van der Waals surface area contributed by atoms with Crippen LogP contribution in [0, 0.1) is 5.92 Å². The van der Waals surface area contributed by atoms with Crippen molar-refractivity contribution >= 4 is 18.0 Å². The van der Waals surface area contributed by atoms with Gasteiger partial charge in [-0.05, 0) is 36.0 Å². The molecular formula is C17H21NO3. The van der Waals surface area contributed by atoms with Crippen molar-refractivity contribution in [2.75, 3.05) is 7.05 Å². The molecule has 0 heterocycles. The number of hydrogen-bond acceptors (Lipinski definition) is 2. The van der Waals surface area contributed by atoms with Gasteiger partial charge in [-0.2, -0.15) is 0 Å². The first kappa shape index (κ1) is 15.3. The number of benzene rings is 1. The van der Waals surface area contributed by atoms with E-state index in [0.717, 1.165) is 17.2 Å². The number of amides is 1. The molecule has 0 unspecified atom stereocenters. The highest BCUT2D eigenvalue weighted by atomic mass is 16.4. The van der Waals surface area contributed by atoms with Gasteiger partial charge in [-0.15, -0.1) is 0 Å². The summed E-state index contributed by atoms with van der Waals surface area (Å²) in [7, 11) is 1.83. The van der Waals surface area contributed by atoms with Crippen molar-refractivity contribution in [1.82, 2.24) is 4.90 Å². The lowest BCUT2D eigenvalue weighted by Gasteiger charge is -2.27. The first-order chi connectivity index (χ1) is 10.0. The molecule has 1 aromatic rings. The van der Waals surface area contributed by atoms with Crippen LogP contribution in [0.4, 0.5) is 0 Å². The van der Waals surface area contributed by atoms with Crippen molar-refractivity contribution < 1.29 is 14.7 Å². The Labute approximate surface area is 125 Å². The lowest BCUT2D eigenvalue weighted by atomic mass is 9.83. The van der Waals surface area contributed by atoms with Crippen LogP contribution in [0.5, 0.6) is 0 Å². The van der Waals surface area contributed by atoms with Gasteiger partial charge < -0.3 is 10.0 Å². The molecule has 1 aliphatic rings. The zero-order valence-electron chi connectivity index (χ0n) is 12.3. The SMILES string of the molecule is CN(Cc1ccc(/C=C/C(=O)O)cc1)C(=O)CC1CCC1. The lowest BCUT2D eigenvalue weighted by Crippen LogP contribution is -2.29. The molecule has 1 aliphatic carbocycles. The zero-order valence-corrected chi connectivity index (χ0v) is 12.3. The van der Waals surface area contributed by atoms with E-state index in [4.69, 9.17) is 5.11 Å². The molecule has 2 rings (SSSR count). The lowest BCUT2D eigenvalue weighted by molar-refractivity contribution is -0.132. The monoisotopic (exact) mass is 287 g/mol. The molecule has 1 fully saturated rings. The molecule has 1 N–H and O–H groups in total. The molecule has 0 spiro atoms. The minimum absolute atomic E-state index is 0.203. The van der Waals surface area contributed by atoms with E-state index >= 15 is 0 Å². The van der Waals surface area contributed by atoms with Crippen LogP contribution in [0.15, 0.2) is 30.3 Å². The quantitative estimate of drug-likeness (QED) is 0.818. The van der Waals surface area contributed by atoms with Crippen LogP contribution in [0.1, 0.15) is 36.8 Å². The fourth-order valence-electron chi connectivity index (χ4n) is 2.36. The van der Waals surface area contributed by atoms with Gasteiger partial charge in [0.25, 0.3) is 0 Å². The van der Waals surface area contributed by atoms with E-state index in [-0.39, 0.29) is 5.91 Å². The van der Waals surface area contributed by atoms with Crippen LogP contribution >= 0.6 is 0 Å². The van der Waals surface area contributed by atoms with Crippen molar-refractivity contribution in [2.45, 2.75) is 32.2 Å². The predicted molar refractivity (Wildman–Crippen MR) is 81.5 cm³/mol. The van der Waals surface area contributed by atoms with Gasteiger partial charge in [-0.1, -0.05) is 30.7 Å². The fraction of sp³-hybridized carbons (Fsp3) is 0.412. The minimum atomic E-state index is -0.958. The average molecular weight is 287 g/mol. The van der Waals surface area contributed by atoms with Gasteiger partial charge in [0.05, 0.1) is 0 Å². The maximum atomic E-state index is 12.0. The Morgan fingerprint density at radius 1 is 1.29 bits per heavy atom. The van der Waals surface area contributed by atoms with Crippen LogP contribution in [0.3, 0.4) is 0 Å². The first-order valence-electron chi connectivity index (χ1n) is 7.28. The normalized spacial score (nSPS) is 14.9. The highest BCUT2D eigenvalue weighted by Crippen LogP contribution is 2.29. The molecule has 1 saturated carbocycles. The van der Waals surface area contributed by atoms with E-state index in [1.165, 1.54) is 19.3 Å². The highest BCUT2D eigenvalue weighted by Gasteiger charge is 2.22. The standard InChI is InChI=1S/C17H21NO3/c1-18(16(19)11-14-3-2-4-14)12-15-7-5-13(6-8-15)9-10-17(20)21/h5-10,14H,2-4,11-12H2,1H3,(H,20,21)/b10-9+. The van der Waals surface area contributed by atoms with Crippen LogP contribution in [0.25, 0.3) is 6.08 Å². The fourth-order valence-corrected chi connectivity index (χ4v) is 2.36. The van der Waals surface area contributed by atoms with Crippen molar-refractivity contribution in [3.05, 3.63) is 41.5 Å². The second-order valence-electron chi connectivity index (χ2n) is 5.66. The molecule has 0 bridgehead atoms. The molecule has 4 heteroatoms. The number of carboxylic acid groups (broad SMARTS) is 1. The van der Waals surface area contributed by atoms with Gasteiger partial charge >= 0.3 is 5.97 Å². The number of nitrogens with zero attached hydrogens (tertiary/aromatic N) is 1. The third-order valence-electron chi connectivity index (χ3n) is 3.93. The van der Waals surface area contributed by atoms with Crippen LogP contribution in [0.2, 0.25) is 0 Å².